The van der Waals surface area contributed by atoms with Gasteiger partial charge in [0.2, 0.25) is 5.91 Å². The highest BCUT2D eigenvalue weighted by molar-refractivity contribution is 6.31. The summed E-state index contributed by atoms with van der Waals surface area (Å²) >= 11 is 6.33. The lowest BCUT2D eigenvalue weighted by Crippen LogP contribution is -2.31. The zero-order valence-electron chi connectivity index (χ0n) is 17.2. The van der Waals surface area contributed by atoms with E-state index in [0.29, 0.717) is 26.2 Å². The Hall–Kier alpha value is -2.82. The van der Waals surface area contributed by atoms with Crippen LogP contribution >= 0.6 is 11.6 Å². The number of amides is 1. The van der Waals surface area contributed by atoms with E-state index in [1.165, 1.54) is 0 Å². The Morgan fingerprint density at radius 3 is 2.60 bits per heavy atom. The number of carbonyl (C=O) groups excluding carboxylic acids is 1. The quantitative estimate of drug-likeness (QED) is 0.329. The Labute approximate surface area is 183 Å². The summed E-state index contributed by atoms with van der Waals surface area (Å²) in [6.45, 7) is 2.44. The molecule has 0 atom stereocenters. The first-order valence-electron chi connectivity index (χ1n) is 10.1. The van der Waals surface area contributed by atoms with Crippen LogP contribution in [0.15, 0.2) is 79.0 Å². The maximum absolute atomic E-state index is 12.9. The van der Waals surface area contributed by atoms with Gasteiger partial charge in [-0.15, -0.1) is 0 Å². The highest BCUT2D eigenvalue weighted by Gasteiger charge is 2.14. The van der Waals surface area contributed by atoms with Gasteiger partial charge in [-0.2, -0.15) is 0 Å². The second kappa shape index (κ2) is 11.4. The maximum atomic E-state index is 12.9. The number of carbonyl (C=O) groups is 1. The number of hydrogen-bond donors (Lipinski definition) is 0. The van der Waals surface area contributed by atoms with Crippen molar-refractivity contribution in [1.29, 1.82) is 0 Å². The number of methoxy groups -OCH3 is 1. The van der Waals surface area contributed by atoms with Crippen molar-refractivity contribution in [2.24, 2.45) is 0 Å². The fourth-order valence-electron chi connectivity index (χ4n) is 3.26. The van der Waals surface area contributed by atoms with Crippen LogP contribution in [0.5, 0.6) is 0 Å². The molecule has 1 heterocycles. The van der Waals surface area contributed by atoms with E-state index in [2.05, 4.69) is 4.57 Å². The smallest absolute Gasteiger partial charge is 0.246 e. The molecule has 1 aromatic heterocycles. The van der Waals surface area contributed by atoms with Crippen LogP contribution in [-0.4, -0.2) is 35.6 Å². The summed E-state index contributed by atoms with van der Waals surface area (Å²) in [7, 11) is 1.68. The molecule has 1 amide bonds. The zero-order chi connectivity index (χ0) is 21.2. The van der Waals surface area contributed by atoms with Gasteiger partial charge in [-0.05, 0) is 41.8 Å². The molecule has 2 aromatic carbocycles. The van der Waals surface area contributed by atoms with Gasteiger partial charge in [0.25, 0.3) is 0 Å². The van der Waals surface area contributed by atoms with E-state index in [1.54, 1.807) is 13.2 Å². The topological polar surface area (TPSA) is 34.5 Å². The number of rotatable bonds is 10. The van der Waals surface area contributed by atoms with Gasteiger partial charge in [0.15, 0.2) is 0 Å². The predicted octanol–water partition coefficient (Wildman–Crippen LogP) is 5.27. The normalized spacial score (nSPS) is 11.1. The summed E-state index contributed by atoms with van der Waals surface area (Å²) in [5.41, 5.74) is 3.12. The van der Waals surface area contributed by atoms with Crippen LogP contribution in [0.2, 0.25) is 5.02 Å². The van der Waals surface area contributed by atoms with E-state index in [9.17, 15) is 4.79 Å². The van der Waals surface area contributed by atoms with Crippen LogP contribution < -0.4 is 0 Å². The van der Waals surface area contributed by atoms with Crippen LogP contribution in [0.3, 0.4) is 0 Å². The fourth-order valence-corrected chi connectivity index (χ4v) is 3.45. The fraction of sp³-hybridized carbons (Fsp3) is 0.240. The molecule has 0 aliphatic heterocycles. The third-order valence-corrected chi connectivity index (χ3v) is 5.25. The number of halogens is 1. The van der Waals surface area contributed by atoms with Crippen molar-refractivity contribution in [2.45, 2.75) is 19.5 Å². The van der Waals surface area contributed by atoms with Crippen molar-refractivity contribution in [3.05, 3.63) is 101 Å². The molecule has 0 saturated heterocycles. The van der Waals surface area contributed by atoms with Crippen LogP contribution in [0, 0.1) is 0 Å². The number of nitrogens with zero attached hydrogens (tertiary/aromatic N) is 2. The van der Waals surface area contributed by atoms with Gasteiger partial charge in [-0.1, -0.05) is 60.1 Å². The Morgan fingerprint density at radius 1 is 1.07 bits per heavy atom. The van der Waals surface area contributed by atoms with Gasteiger partial charge in [0.1, 0.15) is 0 Å². The van der Waals surface area contributed by atoms with Crippen LogP contribution in [0.4, 0.5) is 0 Å². The summed E-state index contributed by atoms with van der Waals surface area (Å²) in [5.74, 6) is -0.0135. The molecule has 0 N–H and O–H groups in total. The highest BCUT2D eigenvalue weighted by atomic mass is 35.5. The van der Waals surface area contributed by atoms with Crippen LogP contribution in [-0.2, 0) is 22.6 Å². The molecule has 0 spiro atoms. The summed E-state index contributed by atoms with van der Waals surface area (Å²) in [4.78, 5) is 14.8. The number of aromatic nitrogens is 1. The van der Waals surface area contributed by atoms with Gasteiger partial charge in [-0.3, -0.25) is 4.79 Å². The van der Waals surface area contributed by atoms with Gasteiger partial charge in [-0.25, -0.2) is 0 Å². The zero-order valence-corrected chi connectivity index (χ0v) is 18.0. The largest absolute Gasteiger partial charge is 0.385 e. The maximum Gasteiger partial charge on any atom is 0.246 e. The van der Waals surface area contributed by atoms with Gasteiger partial charge >= 0.3 is 0 Å². The van der Waals surface area contributed by atoms with E-state index in [1.807, 2.05) is 83.9 Å². The van der Waals surface area contributed by atoms with Crippen molar-refractivity contribution < 1.29 is 9.53 Å². The second-order valence-corrected chi connectivity index (χ2v) is 7.48. The van der Waals surface area contributed by atoms with Crippen molar-refractivity contribution in [1.82, 2.24) is 9.47 Å². The lowest BCUT2D eigenvalue weighted by atomic mass is 10.2. The molecule has 156 valence electrons. The Morgan fingerprint density at radius 2 is 1.83 bits per heavy atom. The third kappa shape index (κ3) is 6.34. The van der Waals surface area contributed by atoms with E-state index in [4.69, 9.17) is 16.3 Å². The molecule has 3 rings (SSSR count). The summed E-state index contributed by atoms with van der Waals surface area (Å²) in [6.07, 6.45) is 6.31. The molecule has 4 nitrogen and oxygen atoms in total. The summed E-state index contributed by atoms with van der Waals surface area (Å²) in [6, 6.07) is 21.7. The monoisotopic (exact) mass is 422 g/mol. The number of benzene rings is 2. The number of ether oxygens (including phenoxy) is 1. The van der Waals surface area contributed by atoms with Crippen molar-refractivity contribution in [3.8, 4) is 0 Å². The molecule has 0 aliphatic rings. The minimum Gasteiger partial charge on any atom is -0.385 e. The Balaban J connectivity index is 1.73. The first-order valence-corrected chi connectivity index (χ1v) is 10.4. The molecule has 30 heavy (non-hydrogen) atoms. The second-order valence-electron chi connectivity index (χ2n) is 7.07. The molecule has 0 bridgehead atoms. The van der Waals surface area contributed by atoms with Gasteiger partial charge in [0, 0.05) is 49.8 Å². The van der Waals surface area contributed by atoms with Crippen LogP contribution in [0.1, 0.15) is 23.2 Å². The predicted molar refractivity (Wildman–Crippen MR) is 122 cm³/mol. The highest BCUT2D eigenvalue weighted by Crippen LogP contribution is 2.18. The molecule has 0 aliphatic carbocycles. The molecule has 5 heteroatoms. The first kappa shape index (κ1) is 21.9. The lowest BCUT2D eigenvalue weighted by Gasteiger charge is -2.22. The molecular weight excluding hydrogens is 396 g/mol. The summed E-state index contributed by atoms with van der Waals surface area (Å²) in [5, 5.41) is 0.746. The molecular formula is C25H27ClN2O2. The third-order valence-electron chi connectivity index (χ3n) is 4.88. The minimum absolute atomic E-state index is 0.0135. The molecule has 3 aromatic rings. The Kier molecular flexibility index (Phi) is 8.30. The van der Waals surface area contributed by atoms with Gasteiger partial charge < -0.3 is 14.2 Å². The van der Waals surface area contributed by atoms with Crippen molar-refractivity contribution in [3.63, 3.8) is 0 Å². The van der Waals surface area contributed by atoms with E-state index in [0.717, 1.165) is 28.3 Å². The average molecular weight is 423 g/mol. The molecule has 0 unspecified atom stereocenters. The molecule has 0 radical (unpaired) electrons. The minimum atomic E-state index is -0.0135. The van der Waals surface area contributed by atoms with E-state index in [-0.39, 0.29) is 5.91 Å². The summed E-state index contributed by atoms with van der Waals surface area (Å²) < 4.78 is 7.31. The van der Waals surface area contributed by atoms with E-state index >= 15 is 0 Å². The SMILES string of the molecule is COCCCN(Cc1cccn1Cc1ccccc1Cl)C(=O)C=Cc1ccccc1. The molecule has 0 saturated carbocycles. The Bertz CT molecular complexity index is 966. The lowest BCUT2D eigenvalue weighted by molar-refractivity contribution is -0.126. The van der Waals surface area contributed by atoms with Gasteiger partial charge in [0.05, 0.1) is 6.54 Å². The first-order chi connectivity index (χ1) is 14.7. The number of hydrogen-bond acceptors (Lipinski definition) is 2. The van der Waals surface area contributed by atoms with E-state index < -0.39 is 0 Å². The average Bonchev–Trinajstić information content (AvgIpc) is 3.20. The standard InChI is InChI=1S/C25H27ClN2O2/c1-30-18-8-17-28(25(29)15-14-21-9-3-2-4-10-21)20-23-12-7-16-27(23)19-22-11-5-6-13-24(22)26/h2-7,9-16H,8,17-20H2,1H3. The van der Waals surface area contributed by atoms with Crippen molar-refractivity contribution in [2.75, 3.05) is 20.3 Å². The van der Waals surface area contributed by atoms with Crippen LogP contribution in [0.25, 0.3) is 6.08 Å². The van der Waals surface area contributed by atoms with Crippen molar-refractivity contribution >= 4 is 23.6 Å². The molecule has 0 fully saturated rings.